The Morgan fingerprint density at radius 2 is 2.00 bits per heavy atom. The van der Waals surface area contributed by atoms with Gasteiger partial charge in [0.2, 0.25) is 6.79 Å². The molecule has 0 aliphatic carbocycles. The van der Waals surface area contributed by atoms with Crippen molar-refractivity contribution >= 4 is 16.9 Å². The lowest BCUT2D eigenvalue weighted by Crippen LogP contribution is -2.30. The van der Waals surface area contributed by atoms with Gasteiger partial charge in [-0.1, -0.05) is 6.07 Å². The summed E-state index contributed by atoms with van der Waals surface area (Å²) in [4.78, 5) is 29.2. The third-order valence-electron chi connectivity index (χ3n) is 4.63. The van der Waals surface area contributed by atoms with E-state index in [-0.39, 0.29) is 18.4 Å². The van der Waals surface area contributed by atoms with Crippen molar-refractivity contribution in [2.45, 2.75) is 13.5 Å². The molecule has 3 aromatic rings. The molecule has 1 aliphatic rings. The van der Waals surface area contributed by atoms with Gasteiger partial charge in [0.05, 0.1) is 11.0 Å². The summed E-state index contributed by atoms with van der Waals surface area (Å²) in [6.45, 7) is 3.20. The maximum Gasteiger partial charge on any atom is 0.326 e. The minimum atomic E-state index is -0.197. The Hall–Kier alpha value is -3.22. The van der Waals surface area contributed by atoms with Crippen LogP contribution in [0.2, 0.25) is 0 Å². The molecule has 0 bridgehead atoms. The summed E-state index contributed by atoms with van der Waals surface area (Å²) in [5.74, 6) is 1.34. The molecule has 0 saturated carbocycles. The van der Waals surface area contributed by atoms with Gasteiger partial charge < -0.3 is 19.4 Å². The Morgan fingerprint density at radius 3 is 2.81 bits per heavy atom. The fraction of sp³-hybridized carbons (Fsp3) is 0.263. The third-order valence-corrected chi connectivity index (χ3v) is 4.63. The molecular weight excluding hydrogens is 334 g/mol. The summed E-state index contributed by atoms with van der Waals surface area (Å²) in [7, 11) is 1.70. The van der Waals surface area contributed by atoms with Crippen LogP contribution in [-0.2, 0) is 13.6 Å². The zero-order valence-corrected chi connectivity index (χ0v) is 14.6. The number of nitrogens with one attached hydrogen (secondary N) is 1. The van der Waals surface area contributed by atoms with Crippen LogP contribution >= 0.6 is 0 Å². The number of hydrogen-bond acceptors (Lipinski definition) is 4. The van der Waals surface area contributed by atoms with Gasteiger partial charge in [-0.2, -0.15) is 0 Å². The van der Waals surface area contributed by atoms with E-state index < -0.39 is 0 Å². The van der Waals surface area contributed by atoms with E-state index in [0.717, 1.165) is 16.8 Å². The number of carbonyl (C=O) groups excluding carboxylic acids is 1. The molecule has 1 aromatic heterocycles. The standard InChI is InChI=1S/C19H19N3O4/c1-3-22(10-12-4-7-16-17(8-12)26-11-25-16)18(23)13-5-6-15-14(9-13)20-19(24)21(15)2/h4-9H,3,10-11H2,1-2H3,(H,20,24). The van der Waals surface area contributed by atoms with Crippen LogP contribution in [0.3, 0.4) is 0 Å². The Morgan fingerprint density at radius 1 is 1.19 bits per heavy atom. The van der Waals surface area contributed by atoms with Gasteiger partial charge in [0.1, 0.15) is 0 Å². The number of aromatic amines is 1. The molecule has 0 unspecified atom stereocenters. The number of hydrogen-bond donors (Lipinski definition) is 1. The van der Waals surface area contributed by atoms with E-state index in [1.165, 1.54) is 4.57 Å². The highest BCUT2D eigenvalue weighted by Gasteiger charge is 2.18. The maximum absolute atomic E-state index is 12.9. The predicted molar refractivity (Wildman–Crippen MR) is 96.5 cm³/mol. The molecular formula is C19H19N3O4. The van der Waals surface area contributed by atoms with Crippen LogP contribution in [-0.4, -0.2) is 33.7 Å². The number of nitrogens with zero attached hydrogens (tertiary/aromatic N) is 2. The monoisotopic (exact) mass is 353 g/mol. The number of ether oxygens (including phenoxy) is 2. The smallest absolute Gasteiger partial charge is 0.326 e. The normalized spacial score (nSPS) is 12.5. The highest BCUT2D eigenvalue weighted by atomic mass is 16.7. The van der Waals surface area contributed by atoms with Gasteiger partial charge in [-0.25, -0.2) is 4.79 Å². The van der Waals surface area contributed by atoms with Crippen LogP contribution in [0.1, 0.15) is 22.8 Å². The van der Waals surface area contributed by atoms with Crippen LogP contribution in [0, 0.1) is 0 Å². The fourth-order valence-corrected chi connectivity index (χ4v) is 3.14. The first-order valence-corrected chi connectivity index (χ1v) is 8.43. The number of aromatic nitrogens is 2. The second-order valence-corrected chi connectivity index (χ2v) is 6.23. The van der Waals surface area contributed by atoms with E-state index in [1.54, 1.807) is 30.1 Å². The minimum Gasteiger partial charge on any atom is -0.454 e. The Labute approximate surface area is 149 Å². The second kappa shape index (κ2) is 6.25. The average Bonchev–Trinajstić information content (AvgIpc) is 3.23. The van der Waals surface area contributed by atoms with Gasteiger partial charge in [-0.3, -0.25) is 9.36 Å². The molecule has 1 aliphatic heterocycles. The predicted octanol–water partition coefficient (Wildman–Crippen LogP) is 2.26. The summed E-state index contributed by atoms with van der Waals surface area (Å²) in [6.07, 6.45) is 0. The molecule has 1 N–H and O–H groups in total. The van der Waals surface area contributed by atoms with E-state index >= 15 is 0 Å². The fourth-order valence-electron chi connectivity index (χ4n) is 3.14. The molecule has 0 radical (unpaired) electrons. The van der Waals surface area contributed by atoms with Crippen LogP contribution in [0.25, 0.3) is 11.0 Å². The van der Waals surface area contributed by atoms with E-state index in [2.05, 4.69) is 4.98 Å². The lowest BCUT2D eigenvalue weighted by molar-refractivity contribution is 0.0752. The Bertz CT molecular complexity index is 1050. The van der Waals surface area contributed by atoms with E-state index in [9.17, 15) is 9.59 Å². The molecule has 0 atom stereocenters. The minimum absolute atomic E-state index is 0.0863. The summed E-state index contributed by atoms with van der Waals surface area (Å²) in [5.41, 5.74) is 2.74. The van der Waals surface area contributed by atoms with Gasteiger partial charge in [0.25, 0.3) is 5.91 Å². The number of imidazole rings is 1. The number of carbonyl (C=O) groups is 1. The molecule has 4 rings (SSSR count). The largest absolute Gasteiger partial charge is 0.454 e. The Kier molecular flexibility index (Phi) is 3.91. The highest BCUT2D eigenvalue weighted by Crippen LogP contribution is 2.32. The SMILES string of the molecule is CCN(Cc1ccc2c(c1)OCO2)C(=O)c1ccc2c(c1)[nH]c(=O)n2C. The Balaban J connectivity index is 1.60. The van der Waals surface area contributed by atoms with E-state index in [1.807, 2.05) is 25.1 Å². The van der Waals surface area contributed by atoms with Gasteiger partial charge in [0.15, 0.2) is 11.5 Å². The lowest BCUT2D eigenvalue weighted by atomic mass is 10.1. The molecule has 2 aromatic carbocycles. The molecule has 0 fully saturated rings. The van der Waals surface area contributed by atoms with Crippen LogP contribution in [0.5, 0.6) is 11.5 Å². The van der Waals surface area contributed by atoms with E-state index in [0.29, 0.717) is 29.9 Å². The molecule has 7 nitrogen and oxygen atoms in total. The van der Waals surface area contributed by atoms with Crippen molar-refractivity contribution < 1.29 is 14.3 Å². The van der Waals surface area contributed by atoms with Crippen molar-refractivity contribution in [3.05, 3.63) is 58.0 Å². The topological polar surface area (TPSA) is 76.6 Å². The zero-order valence-electron chi connectivity index (χ0n) is 14.6. The van der Waals surface area contributed by atoms with Gasteiger partial charge in [-0.05, 0) is 42.8 Å². The molecule has 7 heteroatoms. The highest BCUT2D eigenvalue weighted by molar-refractivity contribution is 5.97. The summed E-state index contributed by atoms with van der Waals surface area (Å²) < 4.78 is 12.2. The quantitative estimate of drug-likeness (QED) is 0.781. The summed E-state index contributed by atoms with van der Waals surface area (Å²) in [6, 6.07) is 10.9. The number of fused-ring (bicyclic) bond motifs is 2. The number of rotatable bonds is 4. The third kappa shape index (κ3) is 2.71. The number of aryl methyl sites for hydroxylation is 1. The van der Waals surface area contributed by atoms with Crippen LogP contribution in [0.4, 0.5) is 0 Å². The molecule has 26 heavy (non-hydrogen) atoms. The molecule has 2 heterocycles. The van der Waals surface area contributed by atoms with Crippen molar-refractivity contribution in [1.82, 2.24) is 14.5 Å². The first-order chi connectivity index (χ1) is 12.6. The second-order valence-electron chi connectivity index (χ2n) is 6.23. The van der Waals surface area contributed by atoms with Crippen molar-refractivity contribution in [2.75, 3.05) is 13.3 Å². The van der Waals surface area contributed by atoms with Gasteiger partial charge in [0, 0.05) is 25.7 Å². The van der Waals surface area contributed by atoms with Gasteiger partial charge in [-0.15, -0.1) is 0 Å². The zero-order chi connectivity index (χ0) is 18.3. The van der Waals surface area contributed by atoms with Crippen molar-refractivity contribution in [3.63, 3.8) is 0 Å². The number of amides is 1. The van der Waals surface area contributed by atoms with Crippen LogP contribution in [0.15, 0.2) is 41.2 Å². The average molecular weight is 353 g/mol. The first-order valence-electron chi connectivity index (χ1n) is 8.43. The van der Waals surface area contributed by atoms with Crippen molar-refractivity contribution in [3.8, 4) is 11.5 Å². The molecule has 0 spiro atoms. The first kappa shape index (κ1) is 16.3. The van der Waals surface area contributed by atoms with Crippen molar-refractivity contribution in [2.24, 2.45) is 7.05 Å². The van der Waals surface area contributed by atoms with Gasteiger partial charge >= 0.3 is 5.69 Å². The molecule has 0 saturated heterocycles. The summed E-state index contributed by atoms with van der Waals surface area (Å²) >= 11 is 0. The lowest BCUT2D eigenvalue weighted by Gasteiger charge is -2.21. The maximum atomic E-state index is 12.9. The number of benzene rings is 2. The summed E-state index contributed by atoms with van der Waals surface area (Å²) in [5, 5.41) is 0. The van der Waals surface area contributed by atoms with E-state index in [4.69, 9.17) is 9.47 Å². The molecule has 134 valence electrons. The van der Waals surface area contributed by atoms with Crippen molar-refractivity contribution in [1.29, 1.82) is 0 Å². The number of H-pyrrole nitrogens is 1. The van der Waals surface area contributed by atoms with Crippen LogP contribution < -0.4 is 15.2 Å². The molecule has 1 amide bonds.